The molecule has 0 spiro atoms. The maximum atomic E-state index is 10.9. The molecule has 0 rings (SSSR count). The minimum absolute atomic E-state index is 0.252. The lowest BCUT2D eigenvalue weighted by Gasteiger charge is -2.05. The number of aliphatic hydroxyl groups is 2. The first-order valence-electron chi connectivity index (χ1n) is 6.95. The summed E-state index contributed by atoms with van der Waals surface area (Å²) in [4.78, 5) is 10.9. The highest BCUT2D eigenvalue weighted by atomic mass is 16.5. The van der Waals surface area contributed by atoms with Crippen molar-refractivity contribution in [1.82, 2.24) is 0 Å². The fourth-order valence-electron chi connectivity index (χ4n) is 1.54. The Morgan fingerprint density at radius 2 is 1.95 bits per heavy atom. The van der Waals surface area contributed by atoms with E-state index in [4.69, 9.17) is 0 Å². The molecule has 0 amide bonds. The smallest absolute Gasteiger partial charge is 0.305 e. The predicted molar refractivity (Wildman–Crippen MR) is 80.2 cm³/mol. The van der Waals surface area contributed by atoms with Gasteiger partial charge in [0.25, 0.3) is 0 Å². The second kappa shape index (κ2) is 11.4. The fraction of sp³-hybridized carbons (Fsp3) is 0.562. The van der Waals surface area contributed by atoms with E-state index in [0.29, 0.717) is 25.7 Å². The molecule has 0 aliphatic rings. The Balaban J connectivity index is 4.06. The molecule has 0 aromatic heterocycles. The van der Waals surface area contributed by atoms with Gasteiger partial charge in [0.2, 0.25) is 0 Å². The lowest BCUT2D eigenvalue weighted by atomic mass is 10.1. The van der Waals surface area contributed by atoms with E-state index in [1.54, 1.807) is 18.2 Å². The van der Waals surface area contributed by atoms with Gasteiger partial charge in [0, 0.05) is 6.42 Å². The molecule has 0 saturated carbocycles. The molecule has 0 heterocycles. The average molecular weight is 282 g/mol. The molecule has 0 saturated heterocycles. The number of aliphatic hydroxyl groups excluding tert-OH is 2. The van der Waals surface area contributed by atoms with Crippen LogP contribution in [-0.4, -0.2) is 35.5 Å². The van der Waals surface area contributed by atoms with E-state index < -0.39 is 12.2 Å². The van der Waals surface area contributed by atoms with Gasteiger partial charge in [0.05, 0.1) is 19.3 Å². The van der Waals surface area contributed by atoms with E-state index in [1.165, 1.54) is 7.11 Å². The molecule has 0 aliphatic heterocycles. The quantitative estimate of drug-likeness (QED) is 0.504. The summed E-state index contributed by atoms with van der Waals surface area (Å²) in [5.74, 6) is -0.252. The summed E-state index contributed by atoms with van der Waals surface area (Å²) < 4.78 is 4.53. The summed E-state index contributed by atoms with van der Waals surface area (Å²) in [6.07, 6.45) is 10.1. The molecule has 2 N–H and O–H groups in total. The number of allylic oxidation sites excluding steroid dienone is 4. The van der Waals surface area contributed by atoms with E-state index in [2.05, 4.69) is 4.74 Å². The highest BCUT2D eigenvalue weighted by molar-refractivity contribution is 5.68. The van der Waals surface area contributed by atoms with E-state index in [-0.39, 0.29) is 5.97 Å². The highest BCUT2D eigenvalue weighted by Crippen LogP contribution is 2.07. The molecular formula is C16H26O4. The standard InChI is InChI=1S/C16H26O4/c1-4-14(17)9-6-5-8-13(2)12-15(18)10-7-11-16(19)20-3/h5-6,8-9,12,14-15,17-18H,4,7,10-11H2,1-3H3. The van der Waals surface area contributed by atoms with Crippen LogP contribution in [0.2, 0.25) is 0 Å². The van der Waals surface area contributed by atoms with Crippen LogP contribution in [0.3, 0.4) is 0 Å². The number of carbonyl (C=O) groups excluding carboxylic acids is 1. The Labute approximate surface area is 121 Å². The van der Waals surface area contributed by atoms with Crippen molar-refractivity contribution in [2.24, 2.45) is 0 Å². The number of hydrogen-bond acceptors (Lipinski definition) is 4. The Bertz CT molecular complexity index is 355. The van der Waals surface area contributed by atoms with E-state index in [9.17, 15) is 15.0 Å². The van der Waals surface area contributed by atoms with Gasteiger partial charge in [-0.1, -0.05) is 42.9 Å². The zero-order chi connectivity index (χ0) is 15.4. The lowest BCUT2D eigenvalue weighted by Crippen LogP contribution is -2.06. The maximum absolute atomic E-state index is 10.9. The molecule has 0 radical (unpaired) electrons. The van der Waals surface area contributed by atoms with Gasteiger partial charge in [-0.3, -0.25) is 4.79 Å². The fourth-order valence-corrected chi connectivity index (χ4v) is 1.54. The normalized spacial score (nSPS) is 15.8. The van der Waals surface area contributed by atoms with Gasteiger partial charge in [-0.05, 0) is 26.2 Å². The van der Waals surface area contributed by atoms with Crippen LogP contribution in [-0.2, 0) is 9.53 Å². The molecule has 0 bridgehead atoms. The Morgan fingerprint density at radius 1 is 1.25 bits per heavy atom. The Morgan fingerprint density at radius 3 is 2.55 bits per heavy atom. The van der Waals surface area contributed by atoms with Crippen molar-refractivity contribution in [1.29, 1.82) is 0 Å². The molecule has 2 atom stereocenters. The van der Waals surface area contributed by atoms with Crippen molar-refractivity contribution >= 4 is 5.97 Å². The topological polar surface area (TPSA) is 66.8 Å². The molecule has 2 unspecified atom stereocenters. The van der Waals surface area contributed by atoms with Gasteiger partial charge < -0.3 is 14.9 Å². The van der Waals surface area contributed by atoms with Gasteiger partial charge >= 0.3 is 5.97 Å². The number of rotatable bonds is 9. The number of methoxy groups -OCH3 is 1. The zero-order valence-corrected chi connectivity index (χ0v) is 12.6. The summed E-state index contributed by atoms with van der Waals surface area (Å²) in [6.45, 7) is 3.80. The van der Waals surface area contributed by atoms with Crippen LogP contribution < -0.4 is 0 Å². The van der Waals surface area contributed by atoms with Gasteiger partial charge in [0.1, 0.15) is 0 Å². The molecule has 20 heavy (non-hydrogen) atoms. The third-order valence-electron chi connectivity index (χ3n) is 2.79. The van der Waals surface area contributed by atoms with Gasteiger partial charge in [-0.15, -0.1) is 0 Å². The van der Waals surface area contributed by atoms with Crippen molar-refractivity contribution in [2.75, 3.05) is 7.11 Å². The first kappa shape index (κ1) is 18.6. The molecule has 0 aromatic rings. The third kappa shape index (κ3) is 10.5. The van der Waals surface area contributed by atoms with Crippen LogP contribution in [0.1, 0.15) is 39.5 Å². The first-order valence-corrected chi connectivity index (χ1v) is 6.95. The van der Waals surface area contributed by atoms with E-state index in [0.717, 1.165) is 5.57 Å². The molecule has 114 valence electrons. The van der Waals surface area contributed by atoms with Gasteiger partial charge in [-0.2, -0.15) is 0 Å². The molecule has 0 aromatic carbocycles. The maximum Gasteiger partial charge on any atom is 0.305 e. The highest BCUT2D eigenvalue weighted by Gasteiger charge is 2.04. The Hall–Kier alpha value is -1.39. The molecular weight excluding hydrogens is 256 g/mol. The third-order valence-corrected chi connectivity index (χ3v) is 2.79. The summed E-state index contributed by atoms with van der Waals surface area (Å²) in [7, 11) is 1.36. The largest absolute Gasteiger partial charge is 0.469 e. The van der Waals surface area contributed by atoms with Crippen molar-refractivity contribution in [3.05, 3.63) is 36.0 Å². The lowest BCUT2D eigenvalue weighted by molar-refractivity contribution is -0.140. The Kier molecular flexibility index (Phi) is 10.6. The summed E-state index contributed by atoms with van der Waals surface area (Å²) in [6, 6.07) is 0. The first-order chi connectivity index (χ1) is 9.49. The van der Waals surface area contributed by atoms with Gasteiger partial charge in [0.15, 0.2) is 0 Å². The van der Waals surface area contributed by atoms with Crippen LogP contribution >= 0.6 is 0 Å². The summed E-state index contributed by atoms with van der Waals surface area (Å²) in [5.41, 5.74) is 0.936. The van der Waals surface area contributed by atoms with Gasteiger partial charge in [-0.25, -0.2) is 0 Å². The number of esters is 1. The average Bonchev–Trinajstić information content (AvgIpc) is 2.42. The number of ether oxygens (including phenoxy) is 1. The molecule has 0 aliphatic carbocycles. The van der Waals surface area contributed by atoms with Crippen LogP contribution in [0.5, 0.6) is 0 Å². The second-order valence-electron chi connectivity index (χ2n) is 4.67. The van der Waals surface area contributed by atoms with E-state index in [1.807, 2.05) is 26.0 Å². The van der Waals surface area contributed by atoms with Crippen LogP contribution in [0.25, 0.3) is 0 Å². The molecule has 0 fully saturated rings. The van der Waals surface area contributed by atoms with E-state index >= 15 is 0 Å². The van der Waals surface area contributed by atoms with Crippen molar-refractivity contribution in [3.63, 3.8) is 0 Å². The van der Waals surface area contributed by atoms with Crippen molar-refractivity contribution < 1.29 is 19.7 Å². The monoisotopic (exact) mass is 282 g/mol. The van der Waals surface area contributed by atoms with Crippen molar-refractivity contribution in [2.45, 2.75) is 51.7 Å². The number of hydrogen-bond donors (Lipinski definition) is 2. The molecule has 4 heteroatoms. The zero-order valence-electron chi connectivity index (χ0n) is 12.6. The van der Waals surface area contributed by atoms with Crippen LogP contribution in [0, 0.1) is 0 Å². The summed E-state index contributed by atoms with van der Waals surface area (Å²) in [5, 5.41) is 19.1. The number of carbonyl (C=O) groups is 1. The predicted octanol–water partition coefficient (Wildman–Crippen LogP) is 2.52. The summed E-state index contributed by atoms with van der Waals surface area (Å²) >= 11 is 0. The minimum atomic E-state index is -0.561. The van der Waals surface area contributed by atoms with Crippen LogP contribution in [0.15, 0.2) is 36.0 Å². The van der Waals surface area contributed by atoms with Crippen LogP contribution in [0.4, 0.5) is 0 Å². The SMILES string of the molecule is CCC(O)C=CC=CC(C)=CC(O)CCCC(=O)OC. The minimum Gasteiger partial charge on any atom is -0.469 e. The second-order valence-corrected chi connectivity index (χ2v) is 4.67. The van der Waals surface area contributed by atoms with Crippen molar-refractivity contribution in [3.8, 4) is 0 Å². The molecule has 4 nitrogen and oxygen atoms in total.